The van der Waals surface area contributed by atoms with Crippen LogP contribution in [0.1, 0.15) is 39.5 Å². The predicted molar refractivity (Wildman–Crippen MR) is 69.1 cm³/mol. The molecule has 0 N–H and O–H groups in total. The Labute approximate surface area is 116 Å². The zero-order valence-electron chi connectivity index (χ0n) is 11.8. The van der Waals surface area contributed by atoms with Crippen LogP contribution in [0.5, 0.6) is 0 Å². The van der Waals surface area contributed by atoms with Crippen LogP contribution < -0.4 is 0 Å². The van der Waals surface area contributed by atoms with E-state index in [1.54, 1.807) is 0 Å². The molecule has 1 fully saturated rings. The van der Waals surface area contributed by atoms with Crippen LogP contribution in [0.15, 0.2) is 23.3 Å². The highest BCUT2D eigenvalue weighted by atomic mass is 19.3. The Hall–Kier alpha value is -0.840. The molecule has 0 bridgehead atoms. The summed E-state index contributed by atoms with van der Waals surface area (Å²) in [5.41, 5.74) is -1.05. The van der Waals surface area contributed by atoms with Crippen molar-refractivity contribution in [2.45, 2.75) is 57.5 Å². The van der Waals surface area contributed by atoms with Gasteiger partial charge in [-0.2, -0.15) is 17.6 Å². The normalized spacial score (nSPS) is 32.5. The third-order valence-corrected chi connectivity index (χ3v) is 4.25. The number of rotatable bonds is 3. The molecule has 1 saturated heterocycles. The lowest BCUT2D eigenvalue weighted by molar-refractivity contribution is -0.164. The van der Waals surface area contributed by atoms with E-state index in [-0.39, 0.29) is 18.4 Å². The molecule has 0 aromatic heterocycles. The van der Waals surface area contributed by atoms with Gasteiger partial charge in [0.25, 0.3) is 0 Å². The molecule has 20 heavy (non-hydrogen) atoms. The van der Waals surface area contributed by atoms with Gasteiger partial charge in [-0.15, -0.1) is 0 Å². The van der Waals surface area contributed by atoms with Gasteiger partial charge in [0.05, 0.1) is 6.10 Å². The number of halogens is 4. The number of allylic oxidation sites excluding steroid dienone is 4. The van der Waals surface area contributed by atoms with Crippen LogP contribution in [0, 0.1) is 5.92 Å². The van der Waals surface area contributed by atoms with Gasteiger partial charge in [0.15, 0.2) is 0 Å². The van der Waals surface area contributed by atoms with Crippen LogP contribution >= 0.6 is 0 Å². The smallest absolute Gasteiger partial charge is 0.335 e. The third-order valence-electron chi connectivity index (χ3n) is 4.25. The first-order chi connectivity index (χ1) is 9.25. The molecular weight excluding hydrogens is 272 g/mol. The van der Waals surface area contributed by atoms with E-state index >= 15 is 0 Å². The molecule has 114 valence electrons. The molecule has 0 spiro atoms. The molecule has 2 unspecified atom stereocenters. The lowest BCUT2D eigenvalue weighted by Gasteiger charge is -2.33. The van der Waals surface area contributed by atoms with Gasteiger partial charge in [0.2, 0.25) is 0 Å². The molecule has 0 aromatic rings. The van der Waals surface area contributed by atoms with Crippen molar-refractivity contribution in [3.05, 3.63) is 23.3 Å². The maximum Gasteiger partial charge on any atom is 0.335 e. The first-order valence-electron chi connectivity index (χ1n) is 7.00. The van der Waals surface area contributed by atoms with E-state index in [0.717, 1.165) is 31.9 Å². The van der Waals surface area contributed by atoms with Gasteiger partial charge in [-0.25, -0.2) is 0 Å². The molecular formula is C15H20F4O. The van der Waals surface area contributed by atoms with Crippen LogP contribution in [0.3, 0.4) is 0 Å². The third kappa shape index (κ3) is 2.78. The Morgan fingerprint density at radius 3 is 2.45 bits per heavy atom. The van der Waals surface area contributed by atoms with E-state index in [0.29, 0.717) is 13.0 Å². The van der Waals surface area contributed by atoms with Gasteiger partial charge < -0.3 is 4.74 Å². The Morgan fingerprint density at radius 1 is 1.15 bits per heavy atom. The van der Waals surface area contributed by atoms with Crippen molar-refractivity contribution in [3.8, 4) is 0 Å². The molecule has 5 heteroatoms. The Morgan fingerprint density at radius 2 is 1.85 bits per heavy atom. The van der Waals surface area contributed by atoms with Gasteiger partial charge in [0, 0.05) is 17.8 Å². The van der Waals surface area contributed by atoms with Crippen LogP contribution in [-0.2, 0) is 4.74 Å². The minimum absolute atomic E-state index is 0.00518. The second-order valence-electron chi connectivity index (χ2n) is 5.82. The van der Waals surface area contributed by atoms with Crippen LogP contribution in [0.4, 0.5) is 17.6 Å². The maximum absolute atomic E-state index is 13.8. The highest BCUT2D eigenvalue weighted by Gasteiger charge is 2.60. The van der Waals surface area contributed by atoms with Crippen molar-refractivity contribution in [3.63, 3.8) is 0 Å². The average molecular weight is 292 g/mol. The average Bonchev–Trinajstić information content (AvgIpc) is 2.38. The topological polar surface area (TPSA) is 9.23 Å². The number of alkyl halides is 4. The molecule has 2 aliphatic rings. The van der Waals surface area contributed by atoms with Gasteiger partial charge >= 0.3 is 11.8 Å². The van der Waals surface area contributed by atoms with Gasteiger partial charge in [0.1, 0.15) is 0 Å². The lowest BCUT2D eigenvalue weighted by Crippen LogP contribution is -2.44. The van der Waals surface area contributed by atoms with Gasteiger partial charge in [-0.3, -0.25) is 0 Å². The van der Waals surface area contributed by atoms with E-state index in [1.807, 2.05) is 6.92 Å². The molecule has 1 nitrogen and oxygen atoms in total. The molecule has 2 atom stereocenters. The molecule has 2 rings (SSSR count). The van der Waals surface area contributed by atoms with Crippen molar-refractivity contribution in [1.29, 1.82) is 0 Å². The van der Waals surface area contributed by atoms with Crippen LogP contribution in [0.25, 0.3) is 0 Å². The number of ether oxygens (including phenoxy) is 1. The standard InChI is InChI=1S/C15H20F4O/c1-10-3-7-13(15(18,19)14(10,16)17)8-6-12-5-4-11(2)20-9-12/h3,7,11-12H,4-6,8-9H2,1-2H3. The SMILES string of the molecule is CC1=CC=C(CCC2CCC(C)OC2)C(F)(F)C1(F)F. The summed E-state index contributed by atoms with van der Waals surface area (Å²) >= 11 is 0. The quantitative estimate of drug-likeness (QED) is 0.683. The van der Waals surface area contributed by atoms with E-state index in [4.69, 9.17) is 4.74 Å². The predicted octanol–water partition coefficient (Wildman–Crippen LogP) is 4.74. The number of hydrogen-bond acceptors (Lipinski definition) is 1. The van der Waals surface area contributed by atoms with Gasteiger partial charge in [-0.05, 0) is 45.4 Å². The Bertz CT molecular complexity index is 418. The van der Waals surface area contributed by atoms with Crippen molar-refractivity contribution in [2.75, 3.05) is 6.61 Å². The fourth-order valence-electron chi connectivity index (χ4n) is 2.65. The first-order valence-corrected chi connectivity index (χ1v) is 7.00. The monoisotopic (exact) mass is 292 g/mol. The van der Waals surface area contributed by atoms with Crippen LogP contribution in [0.2, 0.25) is 0 Å². The molecule has 0 saturated carbocycles. The molecule has 0 amide bonds. The summed E-state index contributed by atoms with van der Waals surface area (Å²) < 4.78 is 60.2. The van der Waals surface area contributed by atoms with Crippen molar-refractivity contribution < 1.29 is 22.3 Å². The summed E-state index contributed by atoms with van der Waals surface area (Å²) in [4.78, 5) is 0. The fraction of sp³-hybridized carbons (Fsp3) is 0.733. The highest BCUT2D eigenvalue weighted by molar-refractivity contribution is 5.36. The van der Waals surface area contributed by atoms with Crippen LogP contribution in [-0.4, -0.2) is 24.6 Å². The Kier molecular flexibility index (Phi) is 4.28. The molecule has 1 heterocycles. The minimum atomic E-state index is -4.07. The molecule has 0 radical (unpaired) electrons. The lowest BCUT2D eigenvalue weighted by atomic mass is 9.85. The summed E-state index contributed by atoms with van der Waals surface area (Å²) in [6.07, 6.45) is 4.73. The summed E-state index contributed by atoms with van der Waals surface area (Å²) in [5, 5.41) is 0. The van der Waals surface area contributed by atoms with E-state index < -0.39 is 23.0 Å². The highest BCUT2D eigenvalue weighted by Crippen LogP contribution is 2.48. The molecule has 0 aromatic carbocycles. The minimum Gasteiger partial charge on any atom is -0.378 e. The largest absolute Gasteiger partial charge is 0.378 e. The maximum atomic E-state index is 13.8. The van der Waals surface area contributed by atoms with E-state index in [1.165, 1.54) is 0 Å². The van der Waals surface area contributed by atoms with Crippen molar-refractivity contribution >= 4 is 0 Å². The second-order valence-corrected chi connectivity index (χ2v) is 5.82. The summed E-state index contributed by atoms with van der Waals surface area (Å²) in [7, 11) is 0. The van der Waals surface area contributed by atoms with E-state index in [2.05, 4.69) is 0 Å². The zero-order chi connectivity index (χ0) is 15.0. The second kappa shape index (κ2) is 5.51. The fourth-order valence-corrected chi connectivity index (χ4v) is 2.65. The molecule has 1 aliphatic carbocycles. The Balaban J connectivity index is 1.99. The van der Waals surface area contributed by atoms with Crippen molar-refractivity contribution in [1.82, 2.24) is 0 Å². The van der Waals surface area contributed by atoms with Gasteiger partial charge in [-0.1, -0.05) is 12.2 Å². The summed E-state index contributed by atoms with van der Waals surface area (Å²) in [5.74, 6) is -7.97. The van der Waals surface area contributed by atoms with E-state index in [9.17, 15) is 17.6 Å². The zero-order valence-corrected chi connectivity index (χ0v) is 11.8. The molecule has 1 aliphatic heterocycles. The first kappa shape index (κ1) is 15.5. The van der Waals surface area contributed by atoms with Crippen molar-refractivity contribution in [2.24, 2.45) is 5.92 Å². The summed E-state index contributed by atoms with van der Waals surface area (Å²) in [6.45, 7) is 3.55. The summed E-state index contributed by atoms with van der Waals surface area (Å²) in [6, 6.07) is 0. The number of hydrogen-bond donors (Lipinski definition) is 0.